The van der Waals surface area contributed by atoms with E-state index in [0.717, 1.165) is 222 Å². The van der Waals surface area contributed by atoms with Crippen LogP contribution in [0.3, 0.4) is 0 Å². The van der Waals surface area contributed by atoms with Crippen molar-refractivity contribution in [3.63, 3.8) is 0 Å². The molecule has 0 aliphatic heterocycles. The first-order chi connectivity index (χ1) is 71.8. The molecule has 0 aliphatic carbocycles. The summed E-state index contributed by atoms with van der Waals surface area (Å²) in [6, 6.07) is 41.8. The summed E-state index contributed by atoms with van der Waals surface area (Å²) < 4.78 is 32.1. The number of methoxy groups -OCH3 is 1. The molecule has 147 heavy (non-hydrogen) atoms. The van der Waals surface area contributed by atoms with Crippen LogP contribution in [0.5, 0.6) is 0 Å². The molecule has 0 radical (unpaired) electrons. The molecule has 0 aliphatic rings. The van der Waals surface area contributed by atoms with Gasteiger partial charge in [-0.05, 0) is 226 Å². The second-order valence-corrected chi connectivity index (χ2v) is 38.2. The van der Waals surface area contributed by atoms with E-state index in [1.165, 1.54) is 6.39 Å². The summed E-state index contributed by atoms with van der Waals surface area (Å²) in [6.45, 7) is 18.4. The van der Waals surface area contributed by atoms with Crippen LogP contribution in [0.4, 0.5) is 0 Å². The van der Waals surface area contributed by atoms with Gasteiger partial charge < -0.3 is 74.1 Å². The fourth-order valence-corrected chi connectivity index (χ4v) is 20.8. The smallest absolute Gasteiger partial charge is 0.262 e. The number of hydrogen-bond donors (Lipinski definition) is 11. The minimum atomic E-state index is -0.0399. The van der Waals surface area contributed by atoms with Crippen LogP contribution >= 0.6 is 34.0 Å². The Morgan fingerprint density at radius 3 is 1.16 bits per heavy atom. The maximum atomic E-state index is 13.2. The normalized spacial score (nSPS) is 11.6. The number of nitrogens with one attached hydrogen (secondary N) is 6. The maximum absolute atomic E-state index is 13.2. The summed E-state index contributed by atoms with van der Waals surface area (Å²) in [5.74, 6) is 1.47. The van der Waals surface area contributed by atoms with Gasteiger partial charge in [-0.3, -0.25) is 64.3 Å². The number of nitrogens with zero attached hydrogens (tertiary/aromatic N) is 16. The number of benzene rings is 6. The van der Waals surface area contributed by atoms with E-state index in [1.807, 2.05) is 164 Å². The first-order valence-electron chi connectivity index (χ1n) is 48.5. The quantitative estimate of drug-likeness (QED) is 0.0228. The summed E-state index contributed by atoms with van der Waals surface area (Å²) in [5, 5.41) is 58.5. The summed E-state index contributed by atoms with van der Waals surface area (Å²) in [7, 11) is 1.64. The number of fused-ring (bicyclic) bond motifs is 18. The first-order valence-corrected chi connectivity index (χ1v) is 51.2. The van der Waals surface area contributed by atoms with Gasteiger partial charge >= 0.3 is 0 Å². The molecule has 18 aromatic heterocycles. The Morgan fingerprint density at radius 1 is 0.381 bits per heavy atom. The molecule has 0 fully saturated rings. The molecule has 0 saturated heterocycles. The maximum Gasteiger partial charge on any atom is 0.262 e. The third kappa shape index (κ3) is 19.5. The number of rotatable bonds is 27. The van der Waals surface area contributed by atoms with Crippen molar-refractivity contribution in [1.82, 2.24) is 109 Å². The largest absolute Gasteiger partial charge is 0.472 e. The summed E-state index contributed by atoms with van der Waals surface area (Å²) in [4.78, 5) is 95.7. The highest BCUT2D eigenvalue weighted by Crippen LogP contribution is 2.38. The molecule has 18 heterocycles. The van der Waals surface area contributed by atoms with Crippen molar-refractivity contribution in [3.8, 4) is 66.0 Å². The topological polar surface area (TPSA) is 534 Å². The highest BCUT2D eigenvalue weighted by molar-refractivity contribution is 7.13. The van der Waals surface area contributed by atoms with Gasteiger partial charge in [0.2, 0.25) is 0 Å². The monoisotopic (exact) mass is 2030 g/mol. The average Bonchev–Trinajstić information content (AvgIpc) is 1.72. The number of aromatic amines is 6. The Hall–Kier alpha value is -16.2. The molecule has 37 nitrogen and oxygen atoms in total. The molecule has 6 aromatic carbocycles. The number of H-pyrrole nitrogens is 6. The number of hydrogen-bond acceptors (Lipinski definition) is 28. The number of aryl methyl sites for hydroxylation is 11. The van der Waals surface area contributed by atoms with Gasteiger partial charge in [0.05, 0.1) is 124 Å². The number of pyridine rings is 6. The van der Waals surface area contributed by atoms with E-state index < -0.39 is 0 Å². The van der Waals surface area contributed by atoms with Crippen LogP contribution < -0.4 is 62.0 Å². The molecule has 0 saturated carbocycles. The zero-order chi connectivity index (χ0) is 102. The number of nitrogens with two attached hydrogens (primary N) is 5. The van der Waals surface area contributed by atoms with Crippen LogP contribution in [0.25, 0.3) is 197 Å². The number of aromatic nitrogens is 22. The molecule has 16 N–H and O–H groups in total. The minimum absolute atomic E-state index is 0.0146. The van der Waals surface area contributed by atoms with Crippen LogP contribution in [0.2, 0.25) is 0 Å². The van der Waals surface area contributed by atoms with Crippen molar-refractivity contribution in [3.05, 3.63) is 289 Å². The van der Waals surface area contributed by atoms with Crippen LogP contribution in [0.15, 0.2) is 235 Å². The third-order valence-electron chi connectivity index (χ3n) is 26.3. The van der Waals surface area contributed by atoms with Crippen LogP contribution in [0, 0.1) is 34.6 Å². The summed E-state index contributed by atoms with van der Waals surface area (Å²) >= 11 is 4.76. The van der Waals surface area contributed by atoms with Crippen molar-refractivity contribution in [1.29, 1.82) is 0 Å². The fourth-order valence-electron chi connectivity index (χ4n) is 19.0. The second-order valence-electron chi connectivity index (χ2n) is 35.7. The van der Waals surface area contributed by atoms with E-state index in [-0.39, 0.29) is 33.4 Å². The molecule has 40 heteroatoms. The van der Waals surface area contributed by atoms with Crippen LogP contribution in [-0.2, 0) is 50.4 Å². The van der Waals surface area contributed by atoms with E-state index in [0.29, 0.717) is 139 Å². The van der Waals surface area contributed by atoms with Crippen LogP contribution in [0.1, 0.15) is 86.0 Å². The fraction of sp³-hybridized carbons (Fsp3) is 0.252. The molecule has 750 valence electrons. The van der Waals surface area contributed by atoms with E-state index in [2.05, 4.69) is 118 Å². The van der Waals surface area contributed by atoms with Gasteiger partial charge in [0.15, 0.2) is 12.2 Å². The standard InChI is InChI=1S/C20H22N4O3.C18H18N4O2.C18H18N4OS.C17H17N5O2.2C17H17N5OS/c1-26-9-6-16-18-19(23-22-16)15-11-13(14-5-10-27-12-14)3-4-17(15)24(20(18)25)8-2-7-21;1-11-16-17(21-20-11)13-10-12(15-4-2-9-24-15)5-6-14(13)22(18(16)23)8-3-7-19;1-3-4-7-22-14-6-5-12(15-9-19-10-24-15)8-13(14)17-16(18(22)23)11(2)20-21-17;1-10-15-16(21-20-10)12-7-11(14-8-19-9-24-14)3-4-13(12)22(17(15)23)6-2-5-18;1-10-14-15(21-20-10)12-9-11(16-19-6-8-24-16)3-4-13(12)22(17(14)23)7-2-5-18;1-10-15-16(21-20-10)12-7-11(13-8-24-9-19-13)3-4-14(12)22(17(15)23)6-2-5-18/h3-5,10-12H,2,6-9,21H2,1H3,(H,22,23);2,4-6,9-10H,3,7-8,19H2,1H3,(H,20,21);5-6,8-10H,3-4,7H2,1-2H3,(H,20,21);3-4,7-9H,2,5-6,18H2,1H3,(H,20,21);3-4,6,8-9H,2,5,7,18H2,1H3,(H,20,21);3-4,7-9H,2,5-6,18H2,1H3,(H,20,21). The molecule has 0 spiro atoms. The number of unbranched alkanes of at least 4 members (excludes halogenated alkanes) is 1. The van der Waals surface area contributed by atoms with Gasteiger partial charge in [-0.15, -0.1) is 34.0 Å². The van der Waals surface area contributed by atoms with Crippen molar-refractivity contribution in [2.24, 2.45) is 28.7 Å². The van der Waals surface area contributed by atoms with Gasteiger partial charge in [0.25, 0.3) is 33.4 Å². The Bertz CT molecular complexity index is 8240. The molecule has 24 aromatic rings. The zero-order valence-electron chi connectivity index (χ0n) is 82.0. The highest BCUT2D eigenvalue weighted by Gasteiger charge is 2.26. The molecule has 0 bridgehead atoms. The van der Waals surface area contributed by atoms with Crippen molar-refractivity contribution >= 4 is 165 Å². The Morgan fingerprint density at radius 2 is 0.776 bits per heavy atom. The van der Waals surface area contributed by atoms with Gasteiger partial charge in [-0.25, -0.2) is 15.0 Å². The lowest BCUT2D eigenvalue weighted by molar-refractivity contribution is 0.201. The Kier molecular flexibility index (Phi) is 29.9. The lowest BCUT2D eigenvalue weighted by atomic mass is 10.0. The third-order valence-corrected chi connectivity index (χ3v) is 28.5. The van der Waals surface area contributed by atoms with Crippen molar-refractivity contribution < 1.29 is 18.0 Å². The van der Waals surface area contributed by atoms with E-state index in [4.69, 9.17) is 46.7 Å². The zero-order valence-corrected chi connectivity index (χ0v) is 84.4. The number of furan rings is 2. The Labute approximate surface area is 848 Å². The predicted octanol–water partition coefficient (Wildman–Crippen LogP) is 17.1. The molecular formula is C107H109N27O10S3. The van der Waals surface area contributed by atoms with E-state index in [9.17, 15) is 28.8 Å². The van der Waals surface area contributed by atoms with E-state index >= 15 is 0 Å². The Balaban J connectivity index is 0.000000111. The minimum Gasteiger partial charge on any atom is -0.472 e. The lowest BCUT2D eigenvalue weighted by Gasteiger charge is -2.12. The highest BCUT2D eigenvalue weighted by atomic mass is 32.1. The van der Waals surface area contributed by atoms with Gasteiger partial charge in [0.1, 0.15) is 43.9 Å². The lowest BCUT2D eigenvalue weighted by Crippen LogP contribution is -2.23. The van der Waals surface area contributed by atoms with Gasteiger partial charge in [-0.1, -0.05) is 31.5 Å². The number of oxazole rings is 1. The van der Waals surface area contributed by atoms with Crippen molar-refractivity contribution in [2.45, 2.75) is 132 Å². The van der Waals surface area contributed by atoms with Gasteiger partial charge in [0, 0.05) is 165 Å². The van der Waals surface area contributed by atoms with Crippen molar-refractivity contribution in [2.75, 3.05) is 46.4 Å². The molecule has 0 unspecified atom stereocenters. The first kappa shape index (κ1) is 99.5. The number of ether oxygens (including phenoxy) is 1. The molecule has 0 amide bonds. The summed E-state index contributed by atoms with van der Waals surface area (Å²) in [6.07, 6.45) is 18.1. The SMILES string of the molecule is CCCCn1c(=O)c2c(C)[nH]nc2c2cc(-c3cncs3)ccc21.COCCc1[nH]nc2c1c(=O)n(CCCN)c1ccc(-c3ccoc3)cc21.Cc1[nH]nc2c1c(=O)n(CCCN)c1ccc(-c3ccco3)cc21.Cc1[nH]nc2c1c(=O)n(CCCN)c1ccc(-c3cnco3)cc21.Cc1[nH]nc2c1c(=O)n(CCCN)c1ccc(-c3cscn3)cc21.Cc1[nH]nc2c1c(=O)n(CCCN)c1ccc(-c3nccs3)cc21. The van der Waals surface area contributed by atoms with Crippen LogP contribution in [-0.4, -0.2) is 155 Å². The molecular weight excluding hydrogens is 1920 g/mol. The molecule has 0 atom stereocenters. The van der Waals surface area contributed by atoms with Gasteiger partial charge in [-0.2, -0.15) is 30.6 Å². The second kappa shape index (κ2) is 44.2. The summed E-state index contributed by atoms with van der Waals surface area (Å²) in [5.41, 5.74) is 54.0. The average molecular weight is 2030 g/mol. The predicted molar refractivity (Wildman–Crippen MR) is 584 cm³/mol. The number of thiazole rings is 3. The van der Waals surface area contributed by atoms with E-state index in [1.54, 1.807) is 95.1 Å². The molecule has 24 rings (SSSR count).